The van der Waals surface area contributed by atoms with Crippen molar-refractivity contribution in [2.45, 2.75) is 44.4 Å². The van der Waals surface area contributed by atoms with E-state index in [1.54, 1.807) is 0 Å². The van der Waals surface area contributed by atoms with Crippen LogP contribution in [0.2, 0.25) is 0 Å². The minimum atomic E-state index is 0.425. The Hall–Kier alpha value is -0.670. The fraction of sp³-hybridized carbons (Fsp3) is 0.647. The molecule has 1 heterocycles. The summed E-state index contributed by atoms with van der Waals surface area (Å²) in [5, 5.41) is 3.37. The summed E-state index contributed by atoms with van der Waals surface area (Å²) in [6, 6.07) is 9.62. The van der Waals surface area contributed by atoms with Gasteiger partial charge in [-0.05, 0) is 37.6 Å². The van der Waals surface area contributed by atoms with Crippen molar-refractivity contribution in [1.29, 1.82) is 0 Å². The molecule has 1 atom stereocenters. The van der Waals surface area contributed by atoms with Gasteiger partial charge in [0, 0.05) is 35.3 Å². The van der Waals surface area contributed by atoms with Crippen molar-refractivity contribution in [3.8, 4) is 0 Å². The quantitative estimate of drug-likeness (QED) is 0.900. The van der Waals surface area contributed by atoms with E-state index in [9.17, 15) is 0 Å². The Kier molecular flexibility index (Phi) is 5.39. The van der Waals surface area contributed by atoms with Crippen molar-refractivity contribution >= 4 is 17.4 Å². The molecular weight excluding hydrogens is 264 g/mol. The van der Waals surface area contributed by atoms with Crippen molar-refractivity contribution in [2.24, 2.45) is 0 Å². The van der Waals surface area contributed by atoms with E-state index in [2.05, 4.69) is 67.0 Å². The predicted octanol–water partition coefficient (Wildman–Crippen LogP) is 4.08. The van der Waals surface area contributed by atoms with Gasteiger partial charge < -0.3 is 10.2 Å². The Bertz CT molecular complexity index is 410. The molecular formula is C17H28N2S. The molecule has 0 radical (unpaired) electrons. The molecule has 1 fully saturated rings. The highest BCUT2D eigenvalue weighted by Crippen LogP contribution is 2.32. The Labute approximate surface area is 128 Å². The molecule has 2 rings (SSSR count). The molecule has 1 N–H and O–H groups in total. The molecule has 0 saturated carbocycles. The topological polar surface area (TPSA) is 15.3 Å². The highest BCUT2D eigenvalue weighted by molar-refractivity contribution is 8.00. The van der Waals surface area contributed by atoms with Crippen molar-refractivity contribution in [2.75, 3.05) is 30.8 Å². The van der Waals surface area contributed by atoms with E-state index in [4.69, 9.17) is 0 Å². The van der Waals surface area contributed by atoms with E-state index >= 15 is 0 Å². The Morgan fingerprint density at radius 2 is 1.95 bits per heavy atom. The first kappa shape index (κ1) is 15.7. The van der Waals surface area contributed by atoms with Gasteiger partial charge in [0.1, 0.15) is 0 Å². The van der Waals surface area contributed by atoms with Crippen LogP contribution in [0.5, 0.6) is 0 Å². The number of anilines is 1. The first-order chi connectivity index (χ1) is 9.55. The molecule has 0 amide bonds. The van der Waals surface area contributed by atoms with Crippen LogP contribution in [-0.4, -0.2) is 30.6 Å². The lowest BCUT2D eigenvalue weighted by Gasteiger charge is -2.25. The van der Waals surface area contributed by atoms with Crippen molar-refractivity contribution in [1.82, 2.24) is 5.32 Å². The molecule has 20 heavy (non-hydrogen) atoms. The zero-order chi connectivity index (χ0) is 14.6. The average molecular weight is 292 g/mol. The van der Waals surface area contributed by atoms with E-state index < -0.39 is 0 Å². The number of nitrogens with zero attached hydrogens (tertiary/aromatic N) is 1. The van der Waals surface area contributed by atoms with E-state index in [-0.39, 0.29) is 0 Å². The third-order valence-corrected chi connectivity index (χ3v) is 5.63. The van der Waals surface area contributed by atoms with Gasteiger partial charge in [-0.15, -0.1) is 0 Å². The second-order valence-electron chi connectivity index (χ2n) is 6.19. The Balaban J connectivity index is 2.06. The lowest BCUT2D eigenvalue weighted by Crippen LogP contribution is -2.27. The first-order valence-electron chi connectivity index (χ1n) is 7.72. The van der Waals surface area contributed by atoms with E-state index in [0.717, 1.165) is 13.0 Å². The summed E-state index contributed by atoms with van der Waals surface area (Å²) in [5.74, 6) is 1.23. The molecule has 3 heteroatoms. The van der Waals surface area contributed by atoms with Crippen LogP contribution in [0.15, 0.2) is 24.3 Å². The number of thioether (sulfide) groups is 1. The fourth-order valence-electron chi connectivity index (χ4n) is 2.80. The highest BCUT2D eigenvalue weighted by atomic mass is 32.2. The van der Waals surface area contributed by atoms with Crippen LogP contribution in [0.25, 0.3) is 0 Å². The number of hydrogen-bond donors (Lipinski definition) is 1. The molecule has 0 spiro atoms. The average Bonchev–Trinajstić information content (AvgIpc) is 2.62. The zero-order valence-electron chi connectivity index (χ0n) is 13.3. The summed E-state index contributed by atoms with van der Waals surface area (Å²) in [6.45, 7) is 9.29. The molecule has 1 aromatic rings. The smallest absolute Gasteiger partial charge is 0.0366 e. The summed E-state index contributed by atoms with van der Waals surface area (Å²) in [5.41, 5.74) is 2.77. The Morgan fingerprint density at radius 3 is 2.55 bits per heavy atom. The highest BCUT2D eigenvalue weighted by Gasteiger charge is 2.23. The molecule has 2 nitrogen and oxygen atoms in total. The van der Waals surface area contributed by atoms with E-state index in [1.165, 1.54) is 30.0 Å². The third kappa shape index (κ3) is 3.92. The second kappa shape index (κ2) is 6.86. The molecule has 1 aliphatic rings. The van der Waals surface area contributed by atoms with Crippen LogP contribution in [0.3, 0.4) is 0 Å². The van der Waals surface area contributed by atoms with E-state index in [1.807, 2.05) is 7.05 Å². The molecule has 0 bridgehead atoms. The SMILES string of the molecule is CCC(NC)c1ccc(N2CCSC(C)(C)CC2)cc1. The maximum absolute atomic E-state index is 3.37. The summed E-state index contributed by atoms with van der Waals surface area (Å²) >= 11 is 2.10. The third-order valence-electron chi connectivity index (χ3n) is 4.26. The fourth-order valence-corrected chi connectivity index (χ4v) is 3.90. The largest absolute Gasteiger partial charge is 0.371 e. The molecule has 1 aromatic carbocycles. The van der Waals surface area contributed by atoms with Gasteiger partial charge in [0.05, 0.1) is 0 Å². The minimum Gasteiger partial charge on any atom is -0.371 e. The van der Waals surface area contributed by atoms with Crippen LogP contribution in [0.4, 0.5) is 5.69 Å². The van der Waals surface area contributed by atoms with Gasteiger partial charge in [-0.3, -0.25) is 0 Å². The zero-order valence-corrected chi connectivity index (χ0v) is 14.1. The van der Waals surface area contributed by atoms with Gasteiger partial charge >= 0.3 is 0 Å². The van der Waals surface area contributed by atoms with Crippen LogP contribution in [-0.2, 0) is 0 Å². The maximum Gasteiger partial charge on any atom is 0.0366 e. The van der Waals surface area contributed by atoms with Gasteiger partial charge in [-0.25, -0.2) is 0 Å². The molecule has 0 aromatic heterocycles. The molecule has 1 saturated heterocycles. The second-order valence-corrected chi connectivity index (χ2v) is 7.99. The molecule has 1 unspecified atom stereocenters. The molecule has 0 aliphatic carbocycles. The van der Waals surface area contributed by atoms with Gasteiger partial charge in [0.2, 0.25) is 0 Å². The first-order valence-corrected chi connectivity index (χ1v) is 8.70. The summed E-state index contributed by atoms with van der Waals surface area (Å²) < 4.78 is 0.425. The number of benzene rings is 1. The van der Waals surface area contributed by atoms with Crippen molar-refractivity contribution in [3.05, 3.63) is 29.8 Å². The lowest BCUT2D eigenvalue weighted by atomic mass is 10.0. The Morgan fingerprint density at radius 1 is 1.25 bits per heavy atom. The monoisotopic (exact) mass is 292 g/mol. The van der Waals surface area contributed by atoms with Crippen molar-refractivity contribution < 1.29 is 0 Å². The van der Waals surface area contributed by atoms with Gasteiger partial charge in [0.15, 0.2) is 0 Å². The number of hydrogen-bond acceptors (Lipinski definition) is 3. The van der Waals surface area contributed by atoms with Crippen LogP contribution < -0.4 is 10.2 Å². The van der Waals surface area contributed by atoms with Crippen molar-refractivity contribution in [3.63, 3.8) is 0 Å². The summed E-state index contributed by atoms with van der Waals surface area (Å²) in [4.78, 5) is 2.53. The van der Waals surface area contributed by atoms with E-state index in [0.29, 0.717) is 10.8 Å². The number of nitrogens with one attached hydrogen (secondary N) is 1. The molecule has 1 aliphatic heterocycles. The normalized spacial score (nSPS) is 20.5. The lowest BCUT2D eigenvalue weighted by molar-refractivity contribution is 0.577. The summed E-state index contributed by atoms with van der Waals surface area (Å²) in [6.07, 6.45) is 2.39. The number of rotatable bonds is 4. The molecule has 112 valence electrons. The predicted molar refractivity (Wildman–Crippen MR) is 91.9 cm³/mol. The maximum atomic E-state index is 3.37. The van der Waals surface area contributed by atoms with Crippen LogP contribution in [0.1, 0.15) is 45.2 Å². The standard InChI is InChI=1S/C17H28N2S/c1-5-16(18-4)14-6-8-15(9-7-14)19-11-10-17(2,3)20-13-12-19/h6-9,16,18H,5,10-13H2,1-4H3. The van der Waals surface area contributed by atoms with Crippen LogP contribution in [0, 0.1) is 0 Å². The summed E-state index contributed by atoms with van der Waals surface area (Å²) in [7, 11) is 2.04. The van der Waals surface area contributed by atoms with Crippen LogP contribution >= 0.6 is 11.8 Å². The van der Waals surface area contributed by atoms with Gasteiger partial charge in [0.25, 0.3) is 0 Å². The van der Waals surface area contributed by atoms with Gasteiger partial charge in [-0.2, -0.15) is 11.8 Å². The van der Waals surface area contributed by atoms with Gasteiger partial charge in [-0.1, -0.05) is 32.9 Å². The minimum absolute atomic E-state index is 0.425.